The van der Waals surface area contributed by atoms with Crippen LogP contribution in [-0.4, -0.2) is 9.97 Å². The van der Waals surface area contributed by atoms with Crippen LogP contribution in [0.25, 0.3) is 76.9 Å². The molecule has 0 aliphatic heterocycles. The minimum absolute atomic E-state index is 0.444. The highest BCUT2D eigenvalue weighted by atomic mass is 16.3. The second-order valence-corrected chi connectivity index (χ2v) is 12.2. The predicted molar refractivity (Wildman–Crippen MR) is 181 cm³/mol. The molecule has 0 amide bonds. The molecule has 0 bridgehead atoms. The topological polar surface area (TPSA) is 38.9 Å². The maximum atomic E-state index is 6.35. The molecule has 3 heteroatoms. The monoisotopic (exact) mass is 556 g/mol. The van der Waals surface area contributed by atoms with E-state index in [4.69, 9.17) is 14.4 Å². The molecule has 0 saturated carbocycles. The van der Waals surface area contributed by atoms with Gasteiger partial charge in [-0.2, -0.15) is 0 Å². The van der Waals surface area contributed by atoms with Crippen LogP contribution >= 0.6 is 0 Å². The van der Waals surface area contributed by atoms with E-state index < -0.39 is 0 Å². The number of hydrogen-bond acceptors (Lipinski definition) is 3. The van der Waals surface area contributed by atoms with Crippen LogP contribution in [0.2, 0.25) is 0 Å². The average molecular weight is 557 g/mol. The van der Waals surface area contributed by atoms with Crippen LogP contribution in [0.1, 0.15) is 50.7 Å². The Labute approximate surface area is 250 Å². The summed E-state index contributed by atoms with van der Waals surface area (Å²) in [4.78, 5) is 10.4. The van der Waals surface area contributed by atoms with Crippen molar-refractivity contribution in [1.29, 1.82) is 0 Å². The summed E-state index contributed by atoms with van der Waals surface area (Å²) in [6.45, 7) is 9.00. The quantitative estimate of drug-likeness (QED) is 0.202. The summed E-state index contributed by atoms with van der Waals surface area (Å²) in [6, 6.07) is 36.8. The van der Waals surface area contributed by atoms with E-state index in [9.17, 15) is 0 Å². The molecule has 0 N–H and O–H groups in total. The van der Waals surface area contributed by atoms with Crippen molar-refractivity contribution >= 4 is 54.5 Å². The number of benzene rings is 6. The van der Waals surface area contributed by atoms with Gasteiger partial charge in [0.25, 0.3) is 0 Å². The van der Waals surface area contributed by atoms with Crippen molar-refractivity contribution in [2.75, 3.05) is 0 Å². The molecule has 0 saturated heterocycles. The molecule has 43 heavy (non-hydrogen) atoms. The normalized spacial score (nSPS) is 12.1. The maximum absolute atomic E-state index is 6.35. The first-order valence-electron chi connectivity index (χ1n) is 15.1. The highest BCUT2D eigenvalue weighted by Crippen LogP contribution is 2.39. The third-order valence-corrected chi connectivity index (χ3v) is 8.87. The largest absolute Gasteiger partial charge is 0.455 e. The van der Waals surface area contributed by atoms with Crippen LogP contribution in [0.15, 0.2) is 114 Å². The smallest absolute Gasteiger partial charge is 0.143 e. The summed E-state index contributed by atoms with van der Waals surface area (Å²) < 4.78 is 6.35. The Morgan fingerprint density at radius 3 is 1.93 bits per heavy atom. The van der Waals surface area contributed by atoms with Gasteiger partial charge in [0, 0.05) is 32.7 Å². The summed E-state index contributed by atoms with van der Waals surface area (Å²) in [7, 11) is 0. The van der Waals surface area contributed by atoms with Gasteiger partial charge < -0.3 is 4.42 Å². The minimum atomic E-state index is 0.444. The van der Waals surface area contributed by atoms with Crippen molar-refractivity contribution in [3.05, 3.63) is 120 Å². The summed E-state index contributed by atoms with van der Waals surface area (Å²) in [5.74, 6) is 0.898. The molecule has 8 rings (SSSR count). The fourth-order valence-electron chi connectivity index (χ4n) is 6.43. The molecule has 0 atom stereocenters. The Kier molecular flexibility index (Phi) is 5.84. The summed E-state index contributed by atoms with van der Waals surface area (Å²) in [5, 5.41) is 7.05. The van der Waals surface area contributed by atoms with Gasteiger partial charge in [0.2, 0.25) is 0 Å². The number of hydrogen-bond donors (Lipinski definition) is 0. The summed E-state index contributed by atoms with van der Waals surface area (Å²) in [6.07, 6.45) is 1.92. The number of furan rings is 1. The highest BCUT2D eigenvalue weighted by molar-refractivity contribution is 6.23. The summed E-state index contributed by atoms with van der Waals surface area (Å²) >= 11 is 0. The van der Waals surface area contributed by atoms with Gasteiger partial charge in [-0.05, 0) is 51.4 Å². The van der Waals surface area contributed by atoms with Crippen LogP contribution < -0.4 is 0 Å². The molecule has 0 fully saturated rings. The number of para-hydroxylation sites is 2. The first-order valence-corrected chi connectivity index (χ1v) is 15.1. The molecule has 0 spiro atoms. The zero-order chi connectivity index (χ0) is 29.2. The van der Waals surface area contributed by atoms with Gasteiger partial charge in [0.05, 0.1) is 22.9 Å². The van der Waals surface area contributed by atoms with E-state index in [1.54, 1.807) is 0 Å². The third-order valence-electron chi connectivity index (χ3n) is 8.87. The van der Waals surface area contributed by atoms with Gasteiger partial charge in [-0.3, -0.25) is 4.98 Å². The SMILES string of the molecule is CC(C)c1ccc2c(c1)c1cc(C(C)C)ccc1c1nc(-c3cccc(-c4cccc5c4oc4ccccc45)c3)cnc21. The highest BCUT2D eigenvalue weighted by Gasteiger charge is 2.16. The molecule has 6 aromatic carbocycles. The molecule has 3 nitrogen and oxygen atoms in total. The van der Waals surface area contributed by atoms with E-state index in [0.29, 0.717) is 11.8 Å². The zero-order valence-corrected chi connectivity index (χ0v) is 24.8. The van der Waals surface area contributed by atoms with Gasteiger partial charge in [0.15, 0.2) is 0 Å². The molecule has 8 aromatic rings. The molecule has 0 radical (unpaired) electrons. The van der Waals surface area contributed by atoms with Crippen molar-refractivity contribution in [3.8, 4) is 22.4 Å². The first-order chi connectivity index (χ1) is 21.0. The fourth-order valence-corrected chi connectivity index (χ4v) is 6.43. The lowest BCUT2D eigenvalue weighted by atomic mass is 9.92. The molecule has 0 unspecified atom stereocenters. The second-order valence-electron chi connectivity index (χ2n) is 12.2. The van der Waals surface area contributed by atoms with E-state index in [1.165, 1.54) is 21.9 Å². The van der Waals surface area contributed by atoms with Gasteiger partial charge in [-0.15, -0.1) is 0 Å². The number of fused-ring (bicyclic) bond motifs is 9. The molecule has 2 aromatic heterocycles. The van der Waals surface area contributed by atoms with Gasteiger partial charge in [0.1, 0.15) is 11.2 Å². The van der Waals surface area contributed by atoms with E-state index >= 15 is 0 Å². The Bertz CT molecular complexity index is 2360. The lowest BCUT2D eigenvalue weighted by Gasteiger charge is -2.15. The van der Waals surface area contributed by atoms with E-state index in [-0.39, 0.29) is 0 Å². The van der Waals surface area contributed by atoms with Crippen molar-refractivity contribution < 1.29 is 4.42 Å². The number of nitrogens with zero attached hydrogens (tertiary/aromatic N) is 2. The summed E-state index contributed by atoms with van der Waals surface area (Å²) in [5.41, 5.74) is 10.4. The van der Waals surface area contributed by atoms with Gasteiger partial charge >= 0.3 is 0 Å². The Hall–Kier alpha value is -5.02. The molecular formula is C40H32N2O. The van der Waals surface area contributed by atoms with Crippen LogP contribution in [0.3, 0.4) is 0 Å². The van der Waals surface area contributed by atoms with E-state index in [0.717, 1.165) is 66.1 Å². The van der Waals surface area contributed by atoms with Crippen molar-refractivity contribution in [1.82, 2.24) is 9.97 Å². The van der Waals surface area contributed by atoms with Gasteiger partial charge in [-0.25, -0.2) is 4.98 Å². The average Bonchev–Trinajstić information content (AvgIpc) is 3.43. The lowest BCUT2D eigenvalue weighted by Crippen LogP contribution is -1.95. The number of rotatable bonds is 4. The standard InChI is InChI=1S/C40H32N2O/c1-23(2)25-15-17-31-34(20-25)35-21-26(24(3)4)16-18-32(35)39-38(31)41-22-36(42-39)28-10-7-9-27(19-28)29-12-8-13-33-30-11-5-6-14-37(30)43-40(29)33/h5-24H,1-4H3. The van der Waals surface area contributed by atoms with Crippen molar-refractivity contribution in [2.24, 2.45) is 0 Å². The minimum Gasteiger partial charge on any atom is -0.455 e. The van der Waals surface area contributed by atoms with Crippen LogP contribution in [-0.2, 0) is 0 Å². The molecule has 0 aliphatic rings. The first kappa shape index (κ1) is 25.7. The molecule has 2 heterocycles. The Balaban J connectivity index is 1.33. The Morgan fingerprint density at radius 1 is 0.535 bits per heavy atom. The maximum Gasteiger partial charge on any atom is 0.143 e. The van der Waals surface area contributed by atoms with Crippen LogP contribution in [0, 0.1) is 0 Å². The fraction of sp³-hybridized carbons (Fsp3) is 0.150. The lowest BCUT2D eigenvalue weighted by molar-refractivity contribution is 0.670. The van der Waals surface area contributed by atoms with Crippen LogP contribution in [0.4, 0.5) is 0 Å². The van der Waals surface area contributed by atoms with Crippen molar-refractivity contribution in [2.45, 2.75) is 39.5 Å². The van der Waals surface area contributed by atoms with E-state index in [1.807, 2.05) is 18.3 Å². The zero-order valence-electron chi connectivity index (χ0n) is 24.8. The predicted octanol–water partition coefficient (Wildman–Crippen LogP) is 11.4. The van der Waals surface area contributed by atoms with E-state index in [2.05, 4.69) is 119 Å². The van der Waals surface area contributed by atoms with Crippen LogP contribution in [0.5, 0.6) is 0 Å². The van der Waals surface area contributed by atoms with Gasteiger partial charge in [-0.1, -0.05) is 119 Å². The molecule has 208 valence electrons. The third kappa shape index (κ3) is 4.11. The number of aromatic nitrogens is 2. The second kappa shape index (κ2) is 9.78. The van der Waals surface area contributed by atoms with Crippen molar-refractivity contribution in [3.63, 3.8) is 0 Å². The Morgan fingerprint density at radius 2 is 1.19 bits per heavy atom. The molecule has 0 aliphatic carbocycles. The molecular weight excluding hydrogens is 524 g/mol.